The third-order valence-electron chi connectivity index (χ3n) is 3.27. The van der Waals surface area contributed by atoms with Crippen LogP contribution in [-0.4, -0.2) is 11.5 Å². The second-order valence-corrected chi connectivity index (χ2v) is 12.7. The van der Waals surface area contributed by atoms with Crippen molar-refractivity contribution >= 4 is 70.6 Å². The van der Waals surface area contributed by atoms with Gasteiger partial charge in [0.1, 0.15) is 0 Å². The maximum Gasteiger partial charge on any atom is 0.0717 e. The van der Waals surface area contributed by atoms with Crippen molar-refractivity contribution in [1.29, 1.82) is 21.0 Å². The minimum Gasteiger partial charge on any atom is -0.198 e. The first-order chi connectivity index (χ1) is 13.7. The van der Waals surface area contributed by atoms with Crippen LogP contribution in [0.15, 0.2) is 26.8 Å². The van der Waals surface area contributed by atoms with Crippen LogP contribution in [0.4, 0.5) is 0 Å². The van der Waals surface area contributed by atoms with Crippen LogP contribution in [0, 0.1) is 45.3 Å². The maximum absolute atomic E-state index is 8.92. The van der Waals surface area contributed by atoms with E-state index in [1.54, 1.807) is 70.6 Å². The highest BCUT2D eigenvalue weighted by Crippen LogP contribution is 2.64. The topological polar surface area (TPSA) is 95.2 Å². The fourth-order valence-electron chi connectivity index (χ4n) is 2.07. The highest BCUT2D eigenvalue weighted by atomic mass is 32.3. The normalized spacial score (nSPS) is 16.1. The summed E-state index contributed by atoms with van der Waals surface area (Å²) in [5.41, 5.74) is 0. The fourth-order valence-corrected chi connectivity index (χ4v) is 10.9. The van der Waals surface area contributed by atoms with Gasteiger partial charge in [-0.05, 0) is 12.8 Å². The molecule has 0 unspecified atom stereocenters. The molecule has 0 aromatic rings. The minimum absolute atomic E-state index is 0.491. The molecule has 0 saturated carbocycles. The Morgan fingerprint density at radius 1 is 0.571 bits per heavy atom. The summed E-state index contributed by atoms with van der Waals surface area (Å²) in [6, 6.07) is 8.80. The molecule has 0 aromatic carbocycles. The average molecular weight is 481 g/mol. The smallest absolute Gasteiger partial charge is 0.0717 e. The zero-order valence-corrected chi connectivity index (χ0v) is 19.8. The van der Waals surface area contributed by atoms with Crippen LogP contribution in [0.2, 0.25) is 0 Å². The number of hydrogen-bond donors (Lipinski definition) is 0. The highest BCUT2D eigenvalue weighted by Gasteiger charge is 2.30. The number of allylic oxidation sites excluding steroid dienone is 2. The quantitative estimate of drug-likeness (QED) is 0.296. The Morgan fingerprint density at radius 3 is 1.36 bits per heavy atom. The van der Waals surface area contributed by atoms with Crippen molar-refractivity contribution in [3.8, 4) is 24.3 Å². The van der Waals surface area contributed by atoms with Gasteiger partial charge >= 0.3 is 0 Å². The molecule has 0 atom stereocenters. The van der Waals surface area contributed by atoms with E-state index >= 15 is 0 Å². The van der Waals surface area contributed by atoms with Crippen molar-refractivity contribution in [3.05, 3.63) is 26.8 Å². The van der Waals surface area contributed by atoms with E-state index < -0.39 is 0 Å². The summed E-state index contributed by atoms with van der Waals surface area (Å²) in [4.78, 5) is 2.43. The Labute approximate surface area is 191 Å². The average Bonchev–Trinajstić information content (AvgIpc) is 3.29. The van der Waals surface area contributed by atoms with E-state index in [4.69, 9.17) is 21.0 Å². The van der Waals surface area contributed by atoms with Gasteiger partial charge in [0.25, 0.3) is 0 Å². The van der Waals surface area contributed by atoms with Gasteiger partial charge < -0.3 is 0 Å². The van der Waals surface area contributed by atoms with E-state index in [0.717, 1.165) is 24.3 Å². The molecule has 28 heavy (non-hydrogen) atoms. The third kappa shape index (κ3) is 7.27. The number of nitriles is 4. The van der Waals surface area contributed by atoms with Gasteiger partial charge in [0, 0.05) is 47.0 Å². The number of rotatable bonds is 10. The van der Waals surface area contributed by atoms with Gasteiger partial charge in [-0.3, -0.25) is 0 Å². The molecule has 2 aliphatic rings. The molecule has 0 aliphatic carbocycles. The van der Waals surface area contributed by atoms with Crippen molar-refractivity contribution in [3.63, 3.8) is 0 Å². The summed E-state index contributed by atoms with van der Waals surface area (Å²) >= 11 is 10.4. The molecule has 0 aromatic heterocycles. The summed E-state index contributed by atoms with van der Waals surface area (Å²) in [7, 11) is 0. The summed E-state index contributed by atoms with van der Waals surface area (Å²) in [5, 5.41) is 35.5. The van der Waals surface area contributed by atoms with Crippen molar-refractivity contribution < 1.29 is 0 Å². The van der Waals surface area contributed by atoms with E-state index in [2.05, 4.69) is 24.3 Å². The van der Waals surface area contributed by atoms with Gasteiger partial charge in [-0.25, -0.2) is 0 Å². The standard InChI is InChI=1S/C18H16N4S6/c19-7-1-5-13-14(6-2-8-20)26-17(25-13)18-27-15(23-11-3-9-21)16(28-18)24-12-4-10-22/h1-6,11-12H2. The van der Waals surface area contributed by atoms with Gasteiger partial charge in [-0.2, -0.15) is 21.0 Å². The molecule has 2 rings (SSSR count). The van der Waals surface area contributed by atoms with Crippen molar-refractivity contribution in [1.82, 2.24) is 0 Å². The second-order valence-electron chi connectivity index (χ2n) is 5.23. The van der Waals surface area contributed by atoms with Crippen LogP contribution >= 0.6 is 70.6 Å². The Hall–Kier alpha value is -0.720. The highest BCUT2D eigenvalue weighted by molar-refractivity contribution is 8.42. The first kappa shape index (κ1) is 23.6. The van der Waals surface area contributed by atoms with Gasteiger partial charge in [-0.15, -0.1) is 23.5 Å². The number of hydrogen-bond acceptors (Lipinski definition) is 10. The molecule has 2 aliphatic heterocycles. The summed E-state index contributed by atoms with van der Waals surface area (Å²) < 4.78 is 4.90. The Morgan fingerprint density at radius 2 is 0.964 bits per heavy atom. The molecule has 0 radical (unpaired) electrons. The lowest BCUT2D eigenvalue weighted by molar-refractivity contribution is 0.993. The Balaban J connectivity index is 2.11. The molecule has 0 saturated heterocycles. The van der Waals surface area contributed by atoms with Gasteiger partial charge in [-0.1, -0.05) is 47.0 Å². The van der Waals surface area contributed by atoms with E-state index in [1.165, 1.54) is 26.8 Å². The van der Waals surface area contributed by atoms with Gasteiger partial charge in [0.2, 0.25) is 0 Å². The third-order valence-corrected chi connectivity index (χ3v) is 12.1. The van der Waals surface area contributed by atoms with Crippen LogP contribution in [0.3, 0.4) is 0 Å². The van der Waals surface area contributed by atoms with Crippen molar-refractivity contribution in [2.24, 2.45) is 0 Å². The van der Waals surface area contributed by atoms with Gasteiger partial charge in [0.15, 0.2) is 0 Å². The monoisotopic (exact) mass is 480 g/mol. The maximum atomic E-state index is 8.92. The van der Waals surface area contributed by atoms with Crippen LogP contribution < -0.4 is 0 Å². The molecule has 0 fully saturated rings. The SMILES string of the molecule is N#CCCSC1=C(SCCC#N)SC(=C2SC(CCC#N)=C(CCC#N)S2)S1. The van der Waals surface area contributed by atoms with Crippen molar-refractivity contribution in [2.45, 2.75) is 38.5 Å². The van der Waals surface area contributed by atoms with Crippen LogP contribution in [0.5, 0.6) is 0 Å². The molecular weight excluding hydrogens is 465 g/mol. The van der Waals surface area contributed by atoms with E-state index in [1.807, 2.05) is 0 Å². The minimum atomic E-state index is 0.491. The van der Waals surface area contributed by atoms with Crippen LogP contribution in [0.25, 0.3) is 0 Å². The van der Waals surface area contributed by atoms with Gasteiger partial charge in [0.05, 0.1) is 41.2 Å². The Bertz CT molecular complexity index is 781. The fraction of sp³-hybridized carbons (Fsp3) is 0.444. The lowest BCUT2D eigenvalue weighted by atomic mass is 10.2. The van der Waals surface area contributed by atoms with Crippen LogP contribution in [0.1, 0.15) is 38.5 Å². The summed E-state index contributed by atoms with van der Waals surface area (Å²) in [6.07, 6.45) is 3.49. The zero-order valence-electron chi connectivity index (χ0n) is 14.9. The summed E-state index contributed by atoms with van der Waals surface area (Å²) in [5.74, 6) is 1.54. The van der Waals surface area contributed by atoms with E-state index in [9.17, 15) is 0 Å². The molecule has 4 nitrogen and oxygen atoms in total. The molecular formula is C18H16N4S6. The molecule has 144 valence electrons. The Kier molecular flexibility index (Phi) is 11.4. The molecule has 0 spiro atoms. The molecule has 0 amide bonds. The number of nitrogens with zero attached hydrogens (tertiary/aromatic N) is 4. The lowest BCUT2D eigenvalue weighted by Gasteiger charge is -2.02. The first-order valence-corrected chi connectivity index (χ1v) is 13.6. The van der Waals surface area contributed by atoms with E-state index in [-0.39, 0.29) is 0 Å². The molecule has 10 heteroatoms. The van der Waals surface area contributed by atoms with Crippen LogP contribution in [-0.2, 0) is 0 Å². The predicted octanol–water partition coefficient (Wildman–Crippen LogP) is 7.31. The van der Waals surface area contributed by atoms with E-state index in [0.29, 0.717) is 25.7 Å². The zero-order chi connectivity index (χ0) is 20.2. The lowest BCUT2D eigenvalue weighted by Crippen LogP contribution is -1.80. The molecule has 0 bridgehead atoms. The number of thioether (sulfide) groups is 6. The first-order valence-electron chi connectivity index (χ1n) is 8.38. The second kappa shape index (κ2) is 13.5. The van der Waals surface area contributed by atoms with Crippen molar-refractivity contribution in [2.75, 3.05) is 11.5 Å². The summed E-state index contributed by atoms with van der Waals surface area (Å²) in [6.45, 7) is 0. The largest absolute Gasteiger partial charge is 0.198 e. The molecule has 2 heterocycles. The predicted molar refractivity (Wildman–Crippen MR) is 127 cm³/mol. The molecule has 0 N–H and O–H groups in total.